The minimum Gasteiger partial charge on any atom is -0.484 e. The van der Waals surface area contributed by atoms with E-state index in [9.17, 15) is 9.59 Å². The lowest BCUT2D eigenvalue weighted by molar-refractivity contribution is -0.122. The first-order valence-corrected chi connectivity index (χ1v) is 9.08. The highest BCUT2D eigenvalue weighted by atomic mass is 16.5. The van der Waals surface area contributed by atoms with Crippen molar-refractivity contribution in [3.8, 4) is 5.75 Å². The summed E-state index contributed by atoms with van der Waals surface area (Å²) in [6.45, 7) is 2.42. The Morgan fingerprint density at radius 3 is 2.46 bits per heavy atom. The number of aryl methyl sites for hydroxylation is 2. The summed E-state index contributed by atoms with van der Waals surface area (Å²) in [5.41, 5.74) is 4.03. The number of nitrogens with one attached hydrogen (secondary N) is 2. The van der Waals surface area contributed by atoms with E-state index in [1.54, 1.807) is 24.3 Å². The van der Waals surface area contributed by atoms with E-state index in [4.69, 9.17) is 4.74 Å². The summed E-state index contributed by atoms with van der Waals surface area (Å²) in [5.74, 6) is 0.315. The lowest BCUT2D eigenvalue weighted by Crippen LogP contribution is -2.28. The fraction of sp³-hybridized carbons (Fsp3) is 0.333. The number of carbonyl (C=O) groups is 2. The van der Waals surface area contributed by atoms with E-state index in [1.165, 1.54) is 24.0 Å². The van der Waals surface area contributed by atoms with Gasteiger partial charge >= 0.3 is 0 Å². The van der Waals surface area contributed by atoms with Crippen LogP contribution < -0.4 is 15.4 Å². The van der Waals surface area contributed by atoms with Crippen molar-refractivity contribution in [2.45, 2.75) is 32.6 Å². The Bertz CT molecular complexity index is 784. The van der Waals surface area contributed by atoms with Crippen LogP contribution in [0.2, 0.25) is 0 Å². The number of fused-ring (bicyclic) bond motifs is 1. The maximum Gasteiger partial charge on any atom is 0.257 e. The fourth-order valence-electron chi connectivity index (χ4n) is 3.11. The van der Waals surface area contributed by atoms with Crippen LogP contribution in [0, 0.1) is 0 Å². The maximum atomic E-state index is 12.5. The molecule has 0 saturated heterocycles. The first-order chi connectivity index (χ1) is 12.7. The van der Waals surface area contributed by atoms with Gasteiger partial charge in [-0.1, -0.05) is 6.07 Å². The third kappa shape index (κ3) is 4.63. The van der Waals surface area contributed by atoms with E-state index in [1.807, 2.05) is 19.1 Å². The average molecular weight is 352 g/mol. The van der Waals surface area contributed by atoms with Gasteiger partial charge in [0.15, 0.2) is 6.61 Å². The van der Waals surface area contributed by atoms with Gasteiger partial charge in [-0.2, -0.15) is 0 Å². The minimum atomic E-state index is -0.155. The predicted octanol–water partition coefficient (Wildman–Crippen LogP) is 3.33. The molecule has 0 saturated carbocycles. The molecule has 1 aliphatic rings. The van der Waals surface area contributed by atoms with Crippen LogP contribution in [0.5, 0.6) is 5.75 Å². The quantitative estimate of drug-likeness (QED) is 0.838. The van der Waals surface area contributed by atoms with Crippen molar-refractivity contribution < 1.29 is 14.3 Å². The van der Waals surface area contributed by atoms with Gasteiger partial charge in [-0.05, 0) is 80.1 Å². The summed E-state index contributed by atoms with van der Waals surface area (Å²) in [7, 11) is 0. The SMILES string of the molecule is CCNC(=O)COc1ccc(NC(=O)c2ccc3c(c2)CCCC3)cc1. The molecule has 0 radical (unpaired) electrons. The maximum absolute atomic E-state index is 12.5. The summed E-state index contributed by atoms with van der Waals surface area (Å²) in [4.78, 5) is 23.9. The van der Waals surface area contributed by atoms with Crippen LogP contribution in [0.25, 0.3) is 0 Å². The Balaban J connectivity index is 1.58. The molecule has 2 aromatic carbocycles. The molecule has 0 atom stereocenters. The molecule has 5 nitrogen and oxygen atoms in total. The molecule has 26 heavy (non-hydrogen) atoms. The van der Waals surface area contributed by atoms with Gasteiger partial charge < -0.3 is 15.4 Å². The number of rotatable bonds is 6. The molecule has 136 valence electrons. The smallest absolute Gasteiger partial charge is 0.257 e. The Labute approximate surface area is 153 Å². The second-order valence-corrected chi connectivity index (χ2v) is 6.41. The molecule has 0 unspecified atom stereocenters. The number of carbonyl (C=O) groups excluding carboxylic acids is 2. The molecule has 2 N–H and O–H groups in total. The van der Waals surface area contributed by atoms with Crippen LogP contribution in [-0.2, 0) is 17.6 Å². The van der Waals surface area contributed by atoms with Crippen LogP contribution in [0.4, 0.5) is 5.69 Å². The third-order valence-electron chi connectivity index (χ3n) is 4.47. The molecule has 3 rings (SSSR count). The summed E-state index contributed by atoms with van der Waals surface area (Å²) in [6.07, 6.45) is 4.58. The molecule has 0 heterocycles. The minimum absolute atomic E-state index is 0.0192. The normalized spacial score (nSPS) is 12.8. The lowest BCUT2D eigenvalue weighted by Gasteiger charge is -2.16. The van der Waals surface area contributed by atoms with Gasteiger partial charge in [-0.25, -0.2) is 0 Å². The van der Waals surface area contributed by atoms with E-state index in [0.717, 1.165) is 12.8 Å². The van der Waals surface area contributed by atoms with Crippen molar-refractivity contribution in [3.05, 3.63) is 59.2 Å². The van der Waals surface area contributed by atoms with Crippen molar-refractivity contribution >= 4 is 17.5 Å². The van der Waals surface area contributed by atoms with Gasteiger partial charge in [-0.15, -0.1) is 0 Å². The molecule has 0 spiro atoms. The number of ether oxygens (including phenoxy) is 1. The van der Waals surface area contributed by atoms with Crippen LogP contribution >= 0.6 is 0 Å². The van der Waals surface area contributed by atoms with E-state index >= 15 is 0 Å². The summed E-state index contributed by atoms with van der Waals surface area (Å²) < 4.78 is 5.40. The predicted molar refractivity (Wildman–Crippen MR) is 102 cm³/mol. The standard InChI is InChI=1S/C21H24N2O3/c1-2-22-20(24)14-26-19-11-9-18(10-12-19)23-21(25)17-8-7-15-5-3-4-6-16(15)13-17/h7-13H,2-6,14H2,1H3,(H,22,24)(H,23,25). The number of benzene rings is 2. The molecule has 1 aliphatic carbocycles. The largest absolute Gasteiger partial charge is 0.484 e. The number of hydrogen-bond donors (Lipinski definition) is 2. The highest BCUT2D eigenvalue weighted by Gasteiger charge is 2.13. The highest BCUT2D eigenvalue weighted by Crippen LogP contribution is 2.23. The lowest BCUT2D eigenvalue weighted by atomic mass is 9.90. The fourth-order valence-corrected chi connectivity index (χ4v) is 3.11. The van der Waals surface area contributed by atoms with Crippen LogP contribution in [-0.4, -0.2) is 25.0 Å². The zero-order valence-electron chi connectivity index (χ0n) is 15.0. The van der Waals surface area contributed by atoms with E-state index in [0.29, 0.717) is 23.5 Å². The molecule has 0 aromatic heterocycles. The van der Waals surface area contributed by atoms with Crippen molar-refractivity contribution in [1.29, 1.82) is 0 Å². The molecule has 2 amide bonds. The number of amides is 2. The van der Waals surface area contributed by atoms with Crippen LogP contribution in [0.15, 0.2) is 42.5 Å². The number of anilines is 1. The van der Waals surface area contributed by atoms with Crippen molar-refractivity contribution in [3.63, 3.8) is 0 Å². The van der Waals surface area contributed by atoms with Gasteiger partial charge in [0.25, 0.3) is 11.8 Å². The van der Waals surface area contributed by atoms with Gasteiger partial charge in [0, 0.05) is 17.8 Å². The molecule has 0 bridgehead atoms. The van der Waals surface area contributed by atoms with Gasteiger partial charge in [-0.3, -0.25) is 9.59 Å². The summed E-state index contributed by atoms with van der Waals surface area (Å²) in [5, 5.41) is 5.58. The van der Waals surface area contributed by atoms with Gasteiger partial charge in [0.05, 0.1) is 0 Å². The topological polar surface area (TPSA) is 67.4 Å². The number of likely N-dealkylation sites (N-methyl/N-ethyl adjacent to an activating group) is 1. The van der Waals surface area contributed by atoms with Crippen molar-refractivity contribution in [2.24, 2.45) is 0 Å². The van der Waals surface area contributed by atoms with Gasteiger partial charge in [0.1, 0.15) is 5.75 Å². The van der Waals surface area contributed by atoms with Gasteiger partial charge in [0.2, 0.25) is 0 Å². The molecule has 0 fully saturated rings. The Morgan fingerprint density at radius 2 is 1.73 bits per heavy atom. The van der Waals surface area contributed by atoms with Crippen LogP contribution in [0.3, 0.4) is 0 Å². The zero-order chi connectivity index (χ0) is 18.4. The second kappa shape index (κ2) is 8.52. The highest BCUT2D eigenvalue weighted by molar-refractivity contribution is 6.04. The molecule has 2 aromatic rings. The average Bonchev–Trinajstić information content (AvgIpc) is 2.67. The Morgan fingerprint density at radius 1 is 1.00 bits per heavy atom. The zero-order valence-corrected chi connectivity index (χ0v) is 15.0. The monoisotopic (exact) mass is 352 g/mol. The van der Waals surface area contributed by atoms with Crippen molar-refractivity contribution in [1.82, 2.24) is 5.32 Å². The van der Waals surface area contributed by atoms with Crippen LogP contribution in [0.1, 0.15) is 41.3 Å². The van der Waals surface area contributed by atoms with E-state index in [-0.39, 0.29) is 18.4 Å². The summed E-state index contributed by atoms with van der Waals surface area (Å²) >= 11 is 0. The Hall–Kier alpha value is -2.82. The second-order valence-electron chi connectivity index (χ2n) is 6.41. The first-order valence-electron chi connectivity index (χ1n) is 9.08. The molecular formula is C21H24N2O3. The first kappa shape index (κ1) is 18.0. The summed E-state index contributed by atoms with van der Waals surface area (Å²) in [6, 6.07) is 13.0. The van der Waals surface area contributed by atoms with Crippen molar-refractivity contribution in [2.75, 3.05) is 18.5 Å². The third-order valence-corrected chi connectivity index (χ3v) is 4.47. The number of hydrogen-bond acceptors (Lipinski definition) is 3. The molecule has 0 aliphatic heterocycles. The molecule has 5 heteroatoms. The Kier molecular flexibility index (Phi) is 5.89. The molecular weight excluding hydrogens is 328 g/mol. The van der Waals surface area contributed by atoms with E-state index in [2.05, 4.69) is 16.7 Å². The van der Waals surface area contributed by atoms with E-state index < -0.39 is 0 Å².